The highest BCUT2D eigenvalue weighted by Crippen LogP contribution is 2.32. The number of imide groups is 1. The lowest BCUT2D eigenvalue weighted by Crippen LogP contribution is -2.36. The molecule has 3 aromatic rings. The number of non-ortho nitro benzene ring substituents is 1. The number of nitro groups is 1. The average Bonchev–Trinajstić information content (AvgIpc) is 3.13. The third-order valence-electron chi connectivity index (χ3n) is 5.85. The predicted octanol–water partition coefficient (Wildman–Crippen LogP) is 5.77. The molecule has 0 spiro atoms. The number of ether oxygens (including phenoxy) is 1. The van der Waals surface area contributed by atoms with Crippen molar-refractivity contribution in [1.29, 1.82) is 0 Å². The summed E-state index contributed by atoms with van der Waals surface area (Å²) in [7, 11) is 0. The molecule has 4 rings (SSSR count). The Morgan fingerprint density at radius 2 is 1.66 bits per heavy atom. The number of rotatable bonds is 8. The number of nitrogens with zero attached hydrogens (tertiary/aromatic N) is 2. The quantitative estimate of drug-likeness (QED) is 0.222. The molecule has 10 heteroatoms. The molecule has 1 fully saturated rings. The number of carbonyl (C=O) groups excluding carboxylic acids is 3. The van der Waals surface area contributed by atoms with Crippen LogP contribution in [0.3, 0.4) is 0 Å². The molecule has 194 valence electrons. The fourth-order valence-corrected chi connectivity index (χ4v) is 4.87. The fourth-order valence-electron chi connectivity index (χ4n) is 4.03. The van der Waals surface area contributed by atoms with E-state index >= 15 is 0 Å². The molecule has 1 aliphatic heterocycles. The summed E-state index contributed by atoms with van der Waals surface area (Å²) in [6, 6.07) is 16.9. The lowest BCUT2D eigenvalue weighted by atomic mass is 10.1. The van der Waals surface area contributed by atoms with Crippen LogP contribution in [-0.4, -0.2) is 33.4 Å². The third kappa shape index (κ3) is 6.27. The largest absolute Gasteiger partial charge is 0.489 e. The zero-order valence-corrected chi connectivity index (χ0v) is 21.8. The number of aryl methyl sites for hydroxylation is 3. The van der Waals surface area contributed by atoms with Crippen LogP contribution in [0.4, 0.5) is 16.2 Å². The van der Waals surface area contributed by atoms with E-state index in [1.807, 2.05) is 32.9 Å². The zero-order valence-electron chi connectivity index (χ0n) is 21.0. The van der Waals surface area contributed by atoms with Crippen LogP contribution in [0.5, 0.6) is 5.75 Å². The van der Waals surface area contributed by atoms with E-state index in [0.29, 0.717) is 17.0 Å². The van der Waals surface area contributed by atoms with E-state index in [-0.39, 0.29) is 23.7 Å². The van der Waals surface area contributed by atoms with E-state index in [9.17, 15) is 24.5 Å². The number of nitro benzene ring substituents is 1. The summed E-state index contributed by atoms with van der Waals surface area (Å²) in [5, 5.41) is 13.1. The van der Waals surface area contributed by atoms with Gasteiger partial charge in [-0.15, -0.1) is 0 Å². The van der Waals surface area contributed by atoms with Crippen LogP contribution in [0, 0.1) is 30.9 Å². The molecule has 0 radical (unpaired) electrons. The first-order valence-corrected chi connectivity index (χ1v) is 12.5. The van der Waals surface area contributed by atoms with Gasteiger partial charge < -0.3 is 10.1 Å². The summed E-state index contributed by atoms with van der Waals surface area (Å²) in [6.45, 7) is 5.62. The van der Waals surface area contributed by atoms with Gasteiger partial charge in [-0.25, -0.2) is 0 Å². The van der Waals surface area contributed by atoms with Gasteiger partial charge in [0.25, 0.3) is 16.8 Å². The van der Waals surface area contributed by atoms with Gasteiger partial charge in [0.05, 0.1) is 9.83 Å². The number of carbonyl (C=O) groups is 3. The Hall–Kier alpha value is -4.44. The average molecular weight is 532 g/mol. The van der Waals surface area contributed by atoms with Gasteiger partial charge in [0, 0.05) is 17.8 Å². The summed E-state index contributed by atoms with van der Waals surface area (Å²) in [5.41, 5.74) is 5.06. The maximum atomic E-state index is 12.8. The van der Waals surface area contributed by atoms with Crippen molar-refractivity contribution in [2.45, 2.75) is 27.4 Å². The Balaban J connectivity index is 1.36. The first-order valence-electron chi connectivity index (χ1n) is 11.7. The molecule has 1 aliphatic rings. The van der Waals surface area contributed by atoms with E-state index in [1.54, 1.807) is 42.5 Å². The van der Waals surface area contributed by atoms with Gasteiger partial charge in [-0.2, -0.15) is 0 Å². The Morgan fingerprint density at radius 1 is 1.03 bits per heavy atom. The number of hydrogen-bond acceptors (Lipinski definition) is 7. The van der Waals surface area contributed by atoms with E-state index < -0.39 is 22.0 Å². The maximum absolute atomic E-state index is 12.8. The van der Waals surface area contributed by atoms with Crippen molar-refractivity contribution in [2.24, 2.45) is 0 Å². The molecule has 1 N–H and O–H groups in total. The van der Waals surface area contributed by atoms with Crippen LogP contribution in [-0.2, 0) is 16.2 Å². The number of nitrogens with one attached hydrogen (secondary N) is 1. The molecule has 1 saturated heterocycles. The minimum Gasteiger partial charge on any atom is -0.489 e. The van der Waals surface area contributed by atoms with Crippen molar-refractivity contribution in [3.63, 3.8) is 0 Å². The predicted molar refractivity (Wildman–Crippen MR) is 146 cm³/mol. The first kappa shape index (κ1) is 26.6. The Bertz CT molecular complexity index is 1430. The molecule has 0 bridgehead atoms. The molecule has 3 aromatic carbocycles. The second-order valence-electron chi connectivity index (χ2n) is 8.87. The SMILES string of the molecule is Cc1cc(C)c(NC(=O)CN2C(=O)S/C(=C/c3ccc(OCc4ccc([N+](=O)[O-])cc4)cc3)C2=O)c(C)c1. The third-order valence-corrected chi connectivity index (χ3v) is 6.75. The van der Waals surface area contributed by atoms with Gasteiger partial charge in [0.1, 0.15) is 18.9 Å². The number of benzene rings is 3. The van der Waals surface area contributed by atoms with E-state index in [1.165, 1.54) is 12.1 Å². The van der Waals surface area contributed by atoms with E-state index in [4.69, 9.17) is 4.74 Å². The fraction of sp³-hybridized carbons (Fsp3) is 0.179. The summed E-state index contributed by atoms with van der Waals surface area (Å²) in [6.07, 6.45) is 1.59. The van der Waals surface area contributed by atoms with Gasteiger partial charge in [-0.1, -0.05) is 29.8 Å². The molecule has 0 unspecified atom stereocenters. The summed E-state index contributed by atoms with van der Waals surface area (Å²) in [5.74, 6) is -0.393. The zero-order chi connectivity index (χ0) is 27.4. The molecule has 0 atom stereocenters. The topological polar surface area (TPSA) is 119 Å². The Kier molecular flexibility index (Phi) is 7.92. The van der Waals surface area contributed by atoms with Gasteiger partial charge >= 0.3 is 0 Å². The van der Waals surface area contributed by atoms with Crippen molar-refractivity contribution in [3.05, 3.63) is 104 Å². The van der Waals surface area contributed by atoms with Gasteiger partial charge in [0.15, 0.2) is 0 Å². The van der Waals surface area contributed by atoms with E-state index in [0.717, 1.165) is 38.9 Å². The monoisotopic (exact) mass is 531 g/mol. The second kappa shape index (κ2) is 11.3. The molecule has 0 aromatic heterocycles. The van der Waals surface area contributed by atoms with Gasteiger partial charge in [0.2, 0.25) is 5.91 Å². The van der Waals surface area contributed by atoms with Crippen LogP contribution in [0.1, 0.15) is 27.8 Å². The van der Waals surface area contributed by atoms with Crippen LogP contribution < -0.4 is 10.1 Å². The molecular weight excluding hydrogens is 506 g/mol. The van der Waals surface area contributed by atoms with Crippen molar-refractivity contribution >= 4 is 46.3 Å². The van der Waals surface area contributed by atoms with Crippen LogP contribution in [0.15, 0.2) is 65.6 Å². The molecule has 1 heterocycles. The molecular formula is C28H25N3O6S. The van der Waals surface area contributed by atoms with Gasteiger partial charge in [-0.05, 0) is 85.1 Å². The Labute approximate surface area is 223 Å². The van der Waals surface area contributed by atoms with Crippen LogP contribution >= 0.6 is 11.8 Å². The number of hydrogen-bond donors (Lipinski definition) is 1. The number of thioether (sulfide) groups is 1. The highest BCUT2D eigenvalue weighted by Gasteiger charge is 2.36. The van der Waals surface area contributed by atoms with Crippen molar-refractivity contribution in [3.8, 4) is 5.75 Å². The second-order valence-corrected chi connectivity index (χ2v) is 9.86. The van der Waals surface area contributed by atoms with E-state index in [2.05, 4.69) is 5.32 Å². The molecule has 0 aliphatic carbocycles. The lowest BCUT2D eigenvalue weighted by molar-refractivity contribution is -0.384. The smallest absolute Gasteiger partial charge is 0.294 e. The Morgan fingerprint density at radius 3 is 2.26 bits per heavy atom. The highest BCUT2D eigenvalue weighted by atomic mass is 32.2. The van der Waals surface area contributed by atoms with Crippen molar-refractivity contribution in [1.82, 2.24) is 4.90 Å². The van der Waals surface area contributed by atoms with Crippen molar-refractivity contribution < 1.29 is 24.0 Å². The highest BCUT2D eigenvalue weighted by molar-refractivity contribution is 8.18. The lowest BCUT2D eigenvalue weighted by Gasteiger charge is -2.15. The van der Waals surface area contributed by atoms with Gasteiger partial charge in [-0.3, -0.25) is 29.4 Å². The van der Waals surface area contributed by atoms with Crippen LogP contribution in [0.25, 0.3) is 6.08 Å². The first-order chi connectivity index (χ1) is 18.1. The minimum atomic E-state index is -0.522. The summed E-state index contributed by atoms with van der Waals surface area (Å²) >= 11 is 0.787. The normalized spacial score (nSPS) is 14.2. The number of anilines is 1. The van der Waals surface area contributed by atoms with Crippen molar-refractivity contribution in [2.75, 3.05) is 11.9 Å². The van der Waals surface area contributed by atoms with Crippen LogP contribution in [0.2, 0.25) is 0 Å². The number of amides is 3. The summed E-state index contributed by atoms with van der Waals surface area (Å²) in [4.78, 5) is 49.4. The minimum absolute atomic E-state index is 0.0135. The molecule has 3 amide bonds. The molecule has 9 nitrogen and oxygen atoms in total. The molecule has 0 saturated carbocycles. The maximum Gasteiger partial charge on any atom is 0.294 e. The summed E-state index contributed by atoms with van der Waals surface area (Å²) < 4.78 is 5.72. The molecule has 38 heavy (non-hydrogen) atoms. The standard InChI is InChI=1S/C28H25N3O6S/c1-17-12-18(2)26(19(3)13-17)29-25(32)15-30-27(33)24(38-28(30)34)14-20-6-10-23(11-7-20)37-16-21-4-8-22(9-5-21)31(35)36/h4-14H,15-16H2,1-3H3,(H,29,32)/b24-14+.